The van der Waals surface area contributed by atoms with Crippen molar-refractivity contribution in [2.45, 2.75) is 44.6 Å². The van der Waals surface area contributed by atoms with Crippen LogP contribution in [0.1, 0.15) is 30.9 Å². The van der Waals surface area contributed by atoms with E-state index < -0.39 is 11.7 Å². The van der Waals surface area contributed by atoms with Crippen LogP contribution in [-0.2, 0) is 12.7 Å². The summed E-state index contributed by atoms with van der Waals surface area (Å²) in [6.07, 6.45) is 1.37. The molecule has 1 aromatic carbocycles. The molecule has 0 bridgehead atoms. The number of rotatable bonds is 5. The topological polar surface area (TPSA) is 53.9 Å². The Hall–Kier alpha value is -3.07. The number of halogens is 4. The van der Waals surface area contributed by atoms with Crippen molar-refractivity contribution in [3.8, 4) is 11.4 Å². The predicted octanol–water partition coefficient (Wildman–Crippen LogP) is 5.16. The number of piperidine rings is 1. The molecule has 3 heterocycles. The van der Waals surface area contributed by atoms with Crippen LogP contribution in [0, 0.1) is 5.82 Å². The van der Waals surface area contributed by atoms with Crippen LogP contribution in [0.4, 0.5) is 23.4 Å². The lowest BCUT2D eigenvalue weighted by Gasteiger charge is -2.40. The van der Waals surface area contributed by atoms with E-state index in [-0.39, 0.29) is 17.9 Å². The van der Waals surface area contributed by atoms with Gasteiger partial charge in [-0.05, 0) is 50.6 Å². The van der Waals surface area contributed by atoms with Crippen molar-refractivity contribution in [3.05, 3.63) is 71.9 Å². The van der Waals surface area contributed by atoms with E-state index in [1.165, 1.54) is 12.1 Å². The maximum atomic E-state index is 14.8. The third kappa shape index (κ3) is 4.88. The quantitative estimate of drug-likeness (QED) is 0.550. The molecule has 0 unspecified atom stereocenters. The molecular formula is C23H23F4N5. The molecule has 4 rings (SSSR count). The molecule has 1 fully saturated rings. The minimum Gasteiger partial charge on any atom is -0.366 e. The molecule has 5 nitrogen and oxygen atoms in total. The van der Waals surface area contributed by atoms with Crippen LogP contribution in [-0.4, -0.2) is 38.5 Å². The van der Waals surface area contributed by atoms with E-state index in [2.05, 4.69) is 25.2 Å². The van der Waals surface area contributed by atoms with E-state index in [1.807, 2.05) is 13.0 Å². The summed E-state index contributed by atoms with van der Waals surface area (Å²) in [7, 11) is 0. The van der Waals surface area contributed by atoms with Gasteiger partial charge in [0.1, 0.15) is 11.6 Å². The normalized spacial score (nSPS) is 19.7. The second-order valence-electron chi connectivity index (χ2n) is 7.87. The van der Waals surface area contributed by atoms with E-state index in [0.29, 0.717) is 29.3 Å². The largest absolute Gasteiger partial charge is 0.417 e. The van der Waals surface area contributed by atoms with Gasteiger partial charge in [-0.25, -0.2) is 19.3 Å². The van der Waals surface area contributed by atoms with Gasteiger partial charge in [0.2, 0.25) is 0 Å². The van der Waals surface area contributed by atoms with Crippen LogP contribution in [0.5, 0.6) is 0 Å². The van der Waals surface area contributed by atoms with Crippen molar-refractivity contribution in [2.24, 2.45) is 0 Å². The number of nitrogens with one attached hydrogen (secondary N) is 1. The van der Waals surface area contributed by atoms with E-state index in [1.54, 1.807) is 24.5 Å². The molecular weight excluding hydrogens is 422 g/mol. The first-order valence-electron chi connectivity index (χ1n) is 10.4. The van der Waals surface area contributed by atoms with Crippen LogP contribution in [0.15, 0.2) is 55.0 Å². The summed E-state index contributed by atoms with van der Waals surface area (Å²) in [6, 6.07) is 8.93. The van der Waals surface area contributed by atoms with Crippen LogP contribution in [0.3, 0.4) is 0 Å². The molecule has 0 aliphatic carbocycles. The summed E-state index contributed by atoms with van der Waals surface area (Å²) in [5.74, 6) is 0.540. The van der Waals surface area contributed by atoms with Crippen molar-refractivity contribution >= 4 is 5.82 Å². The Bertz CT molecular complexity index is 1040. The Kier molecular flexibility index (Phi) is 6.36. The standard InChI is InChI=1S/C23H23F4N5/c1-15-20(31-21-9-8-16(13-30-21)23(25,26)27)7-3-12-32(15)14-18-17(5-2-6-19(18)24)22-28-10-4-11-29-22/h2,4-6,8-11,13,15,20H,3,7,12,14H2,1H3,(H,30,31)/t15-,20+/m0/s1. The number of hydrogen-bond acceptors (Lipinski definition) is 5. The highest BCUT2D eigenvalue weighted by atomic mass is 19.4. The van der Waals surface area contributed by atoms with E-state index in [4.69, 9.17) is 0 Å². The summed E-state index contributed by atoms with van der Waals surface area (Å²) < 4.78 is 53.1. The number of benzene rings is 1. The Morgan fingerprint density at radius 3 is 2.53 bits per heavy atom. The average Bonchev–Trinajstić information content (AvgIpc) is 2.78. The van der Waals surface area contributed by atoms with Crippen molar-refractivity contribution in [3.63, 3.8) is 0 Å². The zero-order valence-corrected chi connectivity index (χ0v) is 17.5. The molecule has 1 aliphatic heterocycles. The van der Waals surface area contributed by atoms with Gasteiger partial charge >= 0.3 is 6.18 Å². The first-order chi connectivity index (χ1) is 15.3. The van der Waals surface area contributed by atoms with E-state index >= 15 is 0 Å². The number of aromatic nitrogens is 3. The van der Waals surface area contributed by atoms with Gasteiger partial charge in [-0.1, -0.05) is 12.1 Å². The zero-order valence-electron chi connectivity index (χ0n) is 17.5. The number of anilines is 1. The van der Waals surface area contributed by atoms with Crippen molar-refractivity contribution < 1.29 is 17.6 Å². The highest BCUT2D eigenvalue weighted by Gasteiger charge is 2.32. The SMILES string of the molecule is C[C@H]1[C@H](Nc2ccc(C(F)(F)F)cn2)CCCN1Cc1c(F)cccc1-c1ncccn1. The monoisotopic (exact) mass is 445 g/mol. The molecule has 1 saturated heterocycles. The summed E-state index contributed by atoms with van der Waals surface area (Å²) in [5, 5.41) is 3.25. The number of hydrogen-bond donors (Lipinski definition) is 1. The van der Waals surface area contributed by atoms with Gasteiger partial charge in [-0.2, -0.15) is 13.2 Å². The van der Waals surface area contributed by atoms with Crippen LogP contribution in [0.25, 0.3) is 11.4 Å². The molecule has 0 saturated carbocycles. The van der Waals surface area contributed by atoms with E-state index in [0.717, 1.165) is 31.6 Å². The maximum Gasteiger partial charge on any atom is 0.417 e. The summed E-state index contributed by atoms with van der Waals surface area (Å²) in [4.78, 5) is 14.6. The number of pyridine rings is 1. The molecule has 0 amide bonds. The van der Waals surface area contributed by atoms with Crippen molar-refractivity contribution in [1.29, 1.82) is 0 Å². The lowest BCUT2D eigenvalue weighted by Crippen LogP contribution is -2.49. The molecule has 2 aromatic heterocycles. The van der Waals surface area contributed by atoms with Crippen LogP contribution >= 0.6 is 0 Å². The fourth-order valence-electron chi connectivity index (χ4n) is 4.04. The smallest absolute Gasteiger partial charge is 0.366 e. The minimum atomic E-state index is -4.42. The van der Waals surface area contributed by atoms with Crippen molar-refractivity contribution in [1.82, 2.24) is 19.9 Å². The molecule has 0 spiro atoms. The lowest BCUT2D eigenvalue weighted by atomic mass is 9.95. The molecule has 2 atom stereocenters. The van der Waals surface area contributed by atoms with Gasteiger partial charge in [0.15, 0.2) is 5.82 Å². The lowest BCUT2D eigenvalue weighted by molar-refractivity contribution is -0.137. The van der Waals surface area contributed by atoms with Gasteiger partial charge in [0, 0.05) is 48.3 Å². The van der Waals surface area contributed by atoms with Gasteiger partial charge in [-0.3, -0.25) is 4.90 Å². The Balaban J connectivity index is 1.51. The van der Waals surface area contributed by atoms with Gasteiger partial charge in [-0.15, -0.1) is 0 Å². The minimum absolute atomic E-state index is 0.0111. The molecule has 1 aliphatic rings. The second kappa shape index (κ2) is 9.20. The average molecular weight is 445 g/mol. The molecule has 168 valence electrons. The highest BCUT2D eigenvalue weighted by molar-refractivity contribution is 5.60. The Labute approximate surface area is 183 Å². The predicted molar refractivity (Wildman–Crippen MR) is 113 cm³/mol. The fraction of sp³-hybridized carbons (Fsp3) is 0.348. The molecule has 32 heavy (non-hydrogen) atoms. The van der Waals surface area contributed by atoms with E-state index in [9.17, 15) is 17.6 Å². The fourth-order valence-corrected chi connectivity index (χ4v) is 4.04. The van der Waals surface area contributed by atoms with Gasteiger partial charge < -0.3 is 5.32 Å². The Morgan fingerprint density at radius 1 is 1.06 bits per heavy atom. The number of likely N-dealkylation sites (tertiary alicyclic amines) is 1. The summed E-state index contributed by atoms with van der Waals surface area (Å²) >= 11 is 0. The molecule has 9 heteroatoms. The first kappa shape index (κ1) is 22.1. The molecule has 1 N–H and O–H groups in total. The first-order valence-corrected chi connectivity index (χ1v) is 10.4. The summed E-state index contributed by atoms with van der Waals surface area (Å²) in [6.45, 7) is 3.18. The second-order valence-corrected chi connectivity index (χ2v) is 7.87. The third-order valence-corrected chi connectivity index (χ3v) is 5.83. The van der Waals surface area contributed by atoms with Gasteiger partial charge in [0.05, 0.1) is 5.56 Å². The van der Waals surface area contributed by atoms with Crippen molar-refractivity contribution in [2.75, 3.05) is 11.9 Å². The third-order valence-electron chi connectivity index (χ3n) is 5.83. The van der Waals surface area contributed by atoms with Crippen LogP contribution in [0.2, 0.25) is 0 Å². The molecule has 3 aromatic rings. The summed E-state index contributed by atoms with van der Waals surface area (Å²) in [5.41, 5.74) is 0.396. The maximum absolute atomic E-state index is 14.8. The number of alkyl halides is 3. The zero-order chi connectivity index (χ0) is 22.7. The number of nitrogens with zero attached hydrogens (tertiary/aromatic N) is 4. The Morgan fingerprint density at radius 2 is 1.84 bits per heavy atom. The van der Waals surface area contributed by atoms with Crippen LogP contribution < -0.4 is 5.32 Å². The highest BCUT2D eigenvalue weighted by Crippen LogP contribution is 2.30. The van der Waals surface area contributed by atoms with Gasteiger partial charge in [0.25, 0.3) is 0 Å². The molecule has 0 radical (unpaired) electrons.